The van der Waals surface area contributed by atoms with Crippen molar-refractivity contribution >= 4 is 29.2 Å². The fraction of sp³-hybridized carbons (Fsp3) is 0.308. The lowest BCUT2D eigenvalue weighted by Crippen LogP contribution is -2.11. The number of nitrogens with one attached hydrogen (secondary N) is 1. The molecule has 0 unspecified atom stereocenters. The molecule has 0 aliphatic heterocycles. The molecule has 1 heterocycles. The minimum absolute atomic E-state index is 0.511. The van der Waals surface area contributed by atoms with Gasteiger partial charge in [-0.1, -0.05) is 29.3 Å². The van der Waals surface area contributed by atoms with Crippen molar-refractivity contribution in [3.05, 3.63) is 40.1 Å². The smallest absolute Gasteiger partial charge is 0.207 e. The third kappa shape index (κ3) is 3.21. The van der Waals surface area contributed by atoms with E-state index in [9.17, 15) is 0 Å². The van der Waals surface area contributed by atoms with Crippen molar-refractivity contribution in [3.63, 3.8) is 0 Å². The number of aryl methyl sites for hydroxylation is 1. The molecule has 1 aromatic heterocycles. The zero-order chi connectivity index (χ0) is 13.8. The highest BCUT2D eigenvalue weighted by Crippen LogP contribution is 2.30. The predicted molar refractivity (Wildman–Crippen MR) is 78.7 cm³/mol. The highest BCUT2D eigenvalue weighted by molar-refractivity contribution is 6.43. The Labute approximate surface area is 122 Å². The summed E-state index contributed by atoms with van der Waals surface area (Å²) in [6, 6.07) is 5.52. The molecule has 0 saturated heterocycles. The van der Waals surface area contributed by atoms with Gasteiger partial charge in [-0.3, -0.25) is 4.57 Å². The number of anilines is 1. The molecule has 0 bridgehead atoms. The topological polar surface area (TPSA) is 39.1 Å². The van der Waals surface area contributed by atoms with Crippen LogP contribution in [0.3, 0.4) is 0 Å². The molecule has 0 saturated carbocycles. The van der Waals surface area contributed by atoms with Gasteiger partial charge in [0.05, 0.1) is 28.0 Å². The summed E-state index contributed by atoms with van der Waals surface area (Å²) in [4.78, 5) is 4.42. The molecule has 2 rings (SSSR count). The number of hydrogen-bond acceptors (Lipinski definition) is 3. The molecule has 0 aliphatic carbocycles. The summed E-state index contributed by atoms with van der Waals surface area (Å²) in [6.45, 7) is 3.21. The van der Waals surface area contributed by atoms with Gasteiger partial charge in [-0.2, -0.15) is 0 Å². The number of ether oxygens (including phenoxy) is 1. The maximum absolute atomic E-state index is 6.24. The monoisotopic (exact) mass is 299 g/mol. The highest BCUT2D eigenvalue weighted by Gasteiger charge is 2.11. The third-order valence-corrected chi connectivity index (χ3v) is 3.42. The van der Waals surface area contributed by atoms with E-state index < -0.39 is 0 Å². The number of rotatable bonds is 5. The Morgan fingerprint density at radius 3 is 2.89 bits per heavy atom. The van der Waals surface area contributed by atoms with Crippen LogP contribution in [0.15, 0.2) is 24.4 Å². The number of aromatic nitrogens is 2. The Hall–Kier alpha value is -1.23. The maximum Gasteiger partial charge on any atom is 0.207 e. The van der Waals surface area contributed by atoms with Crippen molar-refractivity contribution in [3.8, 4) is 5.69 Å². The second-order valence-corrected chi connectivity index (χ2v) is 4.85. The lowest BCUT2D eigenvalue weighted by atomic mass is 10.3. The molecule has 0 fully saturated rings. The molecule has 102 valence electrons. The van der Waals surface area contributed by atoms with E-state index in [2.05, 4.69) is 10.3 Å². The predicted octanol–water partition coefficient (Wildman–Crippen LogP) is 3.55. The average molecular weight is 300 g/mol. The van der Waals surface area contributed by atoms with Crippen molar-refractivity contribution in [1.29, 1.82) is 0 Å². The molecule has 19 heavy (non-hydrogen) atoms. The summed E-state index contributed by atoms with van der Waals surface area (Å²) < 4.78 is 6.90. The van der Waals surface area contributed by atoms with Gasteiger partial charge >= 0.3 is 0 Å². The van der Waals surface area contributed by atoms with Gasteiger partial charge in [-0.15, -0.1) is 0 Å². The Morgan fingerprint density at radius 1 is 1.37 bits per heavy atom. The SMILES string of the molecule is COCCNc1nc(C)cn1-c1cccc(Cl)c1Cl. The Bertz CT molecular complexity index is 569. The lowest BCUT2D eigenvalue weighted by molar-refractivity contribution is 0.210. The van der Waals surface area contributed by atoms with Crippen LogP contribution in [-0.2, 0) is 4.74 Å². The first kappa shape index (κ1) is 14.2. The summed E-state index contributed by atoms with van der Waals surface area (Å²) >= 11 is 12.3. The van der Waals surface area contributed by atoms with Gasteiger partial charge in [0.2, 0.25) is 5.95 Å². The first-order chi connectivity index (χ1) is 9.13. The second kappa shape index (κ2) is 6.28. The minimum atomic E-state index is 0.511. The van der Waals surface area contributed by atoms with Crippen LogP contribution >= 0.6 is 23.2 Å². The molecule has 0 amide bonds. The van der Waals surface area contributed by atoms with E-state index in [1.807, 2.05) is 29.8 Å². The Kier molecular flexibility index (Phi) is 4.69. The van der Waals surface area contributed by atoms with Crippen molar-refractivity contribution in [2.24, 2.45) is 0 Å². The molecule has 0 aliphatic rings. The lowest BCUT2D eigenvalue weighted by Gasteiger charge is -2.11. The standard InChI is InChI=1S/C13H15Cl2N3O/c1-9-8-18(13(17-9)16-6-7-19-2)11-5-3-4-10(14)12(11)15/h3-5,8H,6-7H2,1-2H3,(H,16,17). The zero-order valence-electron chi connectivity index (χ0n) is 10.8. The molecule has 0 spiro atoms. The van der Waals surface area contributed by atoms with Gasteiger partial charge in [0.25, 0.3) is 0 Å². The maximum atomic E-state index is 6.24. The van der Waals surface area contributed by atoms with Crippen LogP contribution in [0.5, 0.6) is 0 Å². The number of benzene rings is 1. The average Bonchev–Trinajstić information content (AvgIpc) is 2.74. The molecular weight excluding hydrogens is 285 g/mol. The zero-order valence-corrected chi connectivity index (χ0v) is 12.3. The first-order valence-corrected chi connectivity index (χ1v) is 6.62. The van der Waals surface area contributed by atoms with Crippen molar-refractivity contribution in [1.82, 2.24) is 9.55 Å². The minimum Gasteiger partial charge on any atom is -0.383 e. The van der Waals surface area contributed by atoms with Crippen LogP contribution in [0.25, 0.3) is 5.69 Å². The van der Waals surface area contributed by atoms with Gasteiger partial charge in [0.1, 0.15) is 0 Å². The number of methoxy groups -OCH3 is 1. The van der Waals surface area contributed by atoms with E-state index in [1.54, 1.807) is 13.2 Å². The number of halogens is 2. The van der Waals surface area contributed by atoms with Crippen LogP contribution in [-0.4, -0.2) is 29.8 Å². The van der Waals surface area contributed by atoms with Crippen LogP contribution in [0.2, 0.25) is 10.0 Å². The summed E-state index contributed by atoms with van der Waals surface area (Å²) in [5.74, 6) is 0.721. The highest BCUT2D eigenvalue weighted by atomic mass is 35.5. The van der Waals surface area contributed by atoms with Gasteiger partial charge in [-0.25, -0.2) is 4.98 Å². The van der Waals surface area contributed by atoms with E-state index in [4.69, 9.17) is 27.9 Å². The first-order valence-electron chi connectivity index (χ1n) is 5.86. The molecular formula is C13H15Cl2N3O. The Balaban J connectivity index is 2.35. The number of imidazole rings is 1. The summed E-state index contributed by atoms with van der Waals surface area (Å²) in [5.41, 5.74) is 1.70. The largest absolute Gasteiger partial charge is 0.383 e. The van der Waals surface area contributed by atoms with E-state index >= 15 is 0 Å². The van der Waals surface area contributed by atoms with Crippen molar-refractivity contribution < 1.29 is 4.74 Å². The second-order valence-electron chi connectivity index (χ2n) is 4.07. The van der Waals surface area contributed by atoms with Crippen LogP contribution in [0, 0.1) is 6.92 Å². The van der Waals surface area contributed by atoms with Crippen molar-refractivity contribution in [2.45, 2.75) is 6.92 Å². The quantitative estimate of drug-likeness (QED) is 0.858. The molecule has 1 aromatic carbocycles. The molecule has 4 nitrogen and oxygen atoms in total. The molecule has 0 radical (unpaired) electrons. The normalized spacial score (nSPS) is 10.7. The van der Waals surface area contributed by atoms with E-state index in [0.29, 0.717) is 23.2 Å². The summed E-state index contributed by atoms with van der Waals surface area (Å²) in [5, 5.41) is 4.24. The molecule has 6 heteroatoms. The fourth-order valence-corrected chi connectivity index (χ4v) is 2.14. The van der Waals surface area contributed by atoms with E-state index in [1.165, 1.54) is 0 Å². The Morgan fingerprint density at radius 2 is 2.16 bits per heavy atom. The fourth-order valence-electron chi connectivity index (χ4n) is 1.75. The van der Waals surface area contributed by atoms with Crippen molar-refractivity contribution in [2.75, 3.05) is 25.6 Å². The van der Waals surface area contributed by atoms with E-state index in [-0.39, 0.29) is 0 Å². The van der Waals surface area contributed by atoms with Gasteiger partial charge < -0.3 is 10.1 Å². The molecule has 0 atom stereocenters. The molecule has 1 N–H and O–H groups in total. The van der Waals surface area contributed by atoms with Gasteiger partial charge in [0.15, 0.2) is 0 Å². The van der Waals surface area contributed by atoms with Crippen LogP contribution in [0.4, 0.5) is 5.95 Å². The summed E-state index contributed by atoms with van der Waals surface area (Å²) in [6.07, 6.45) is 1.91. The number of nitrogens with zero attached hydrogens (tertiary/aromatic N) is 2. The van der Waals surface area contributed by atoms with Crippen LogP contribution in [0.1, 0.15) is 5.69 Å². The van der Waals surface area contributed by atoms with Gasteiger partial charge in [0, 0.05) is 19.9 Å². The number of hydrogen-bond donors (Lipinski definition) is 1. The van der Waals surface area contributed by atoms with Gasteiger partial charge in [-0.05, 0) is 19.1 Å². The van der Waals surface area contributed by atoms with Crippen LogP contribution < -0.4 is 5.32 Å². The molecule has 2 aromatic rings. The summed E-state index contributed by atoms with van der Waals surface area (Å²) in [7, 11) is 1.66. The third-order valence-electron chi connectivity index (χ3n) is 2.61. The van der Waals surface area contributed by atoms with E-state index in [0.717, 1.165) is 17.3 Å².